The minimum atomic E-state index is -1.02. The average Bonchev–Trinajstić information content (AvgIpc) is 2.38. The number of likely N-dealkylation sites (tertiary alicyclic amines) is 1. The van der Waals surface area contributed by atoms with Crippen LogP contribution >= 0.6 is 0 Å². The van der Waals surface area contributed by atoms with E-state index in [1.165, 1.54) is 4.90 Å². The number of carboxylic acid groups (broad SMARTS) is 1. The second-order valence-corrected chi connectivity index (χ2v) is 4.41. The number of aliphatic hydroxyl groups excluding tert-OH is 1. The molecule has 2 N–H and O–H groups in total. The Morgan fingerprint density at radius 1 is 1.17 bits per heavy atom. The fourth-order valence-electron chi connectivity index (χ4n) is 2.18. The van der Waals surface area contributed by atoms with E-state index in [0.717, 1.165) is 0 Å². The van der Waals surface area contributed by atoms with E-state index in [1.807, 2.05) is 0 Å². The monoisotopic (exact) mass is 249 g/mol. The molecule has 0 spiro atoms. The van der Waals surface area contributed by atoms with Crippen molar-refractivity contribution in [2.45, 2.75) is 25.0 Å². The highest BCUT2D eigenvalue weighted by Crippen LogP contribution is 2.20. The molecule has 0 aromatic heterocycles. The van der Waals surface area contributed by atoms with Gasteiger partial charge in [-0.05, 0) is 25.0 Å². The van der Waals surface area contributed by atoms with Crippen LogP contribution in [0.3, 0.4) is 0 Å². The molecule has 1 unspecified atom stereocenters. The lowest BCUT2D eigenvalue weighted by atomic mass is 9.99. The zero-order chi connectivity index (χ0) is 13.1. The summed E-state index contributed by atoms with van der Waals surface area (Å²) in [4.78, 5) is 24.6. The first-order valence-corrected chi connectivity index (χ1v) is 5.86. The molecule has 1 fully saturated rings. The molecule has 1 amide bonds. The molecular formula is C13H15NO4. The molecule has 1 aliphatic heterocycles. The number of carboxylic acids is 1. The number of carbonyl (C=O) groups excluding carboxylic acids is 1. The lowest BCUT2D eigenvalue weighted by molar-refractivity contribution is -0.144. The molecule has 5 nitrogen and oxygen atoms in total. The molecule has 1 aliphatic rings. The van der Waals surface area contributed by atoms with E-state index in [0.29, 0.717) is 12.0 Å². The number of amides is 1. The zero-order valence-electron chi connectivity index (χ0n) is 9.82. The SMILES string of the molecule is O=C(O)C1CC[C@H](O)CN1C(=O)c1ccccc1. The molecule has 0 saturated carbocycles. The van der Waals surface area contributed by atoms with Crippen molar-refractivity contribution in [2.24, 2.45) is 0 Å². The van der Waals surface area contributed by atoms with Crippen molar-refractivity contribution in [3.63, 3.8) is 0 Å². The Balaban J connectivity index is 2.23. The Morgan fingerprint density at radius 2 is 1.83 bits per heavy atom. The zero-order valence-corrected chi connectivity index (χ0v) is 9.82. The number of aliphatic hydroxyl groups is 1. The van der Waals surface area contributed by atoms with Crippen LogP contribution in [-0.4, -0.2) is 45.7 Å². The summed E-state index contributed by atoms with van der Waals surface area (Å²) in [6, 6.07) is 7.68. The second-order valence-electron chi connectivity index (χ2n) is 4.41. The maximum atomic E-state index is 12.2. The van der Waals surface area contributed by atoms with E-state index >= 15 is 0 Å². The molecule has 0 aliphatic carbocycles. The fourth-order valence-corrected chi connectivity index (χ4v) is 2.18. The van der Waals surface area contributed by atoms with Crippen molar-refractivity contribution in [3.05, 3.63) is 35.9 Å². The van der Waals surface area contributed by atoms with Gasteiger partial charge in [-0.1, -0.05) is 18.2 Å². The number of rotatable bonds is 2. The third-order valence-electron chi connectivity index (χ3n) is 3.12. The smallest absolute Gasteiger partial charge is 0.326 e. The Labute approximate surface area is 105 Å². The van der Waals surface area contributed by atoms with Gasteiger partial charge in [-0.25, -0.2) is 4.79 Å². The number of β-amino-alcohol motifs (C(OH)–C–C–N with tert-alkyl or cyclic N) is 1. The van der Waals surface area contributed by atoms with Gasteiger partial charge in [0.25, 0.3) is 5.91 Å². The largest absolute Gasteiger partial charge is 0.480 e. The summed E-state index contributed by atoms with van der Waals surface area (Å²) < 4.78 is 0. The van der Waals surface area contributed by atoms with Crippen molar-refractivity contribution in [3.8, 4) is 0 Å². The van der Waals surface area contributed by atoms with Crippen LogP contribution in [0.1, 0.15) is 23.2 Å². The van der Waals surface area contributed by atoms with Gasteiger partial charge in [-0.3, -0.25) is 4.79 Å². The Morgan fingerprint density at radius 3 is 2.44 bits per heavy atom. The second kappa shape index (κ2) is 5.18. The molecule has 2 atom stereocenters. The summed E-state index contributed by atoms with van der Waals surface area (Å²) >= 11 is 0. The maximum absolute atomic E-state index is 12.2. The first-order valence-electron chi connectivity index (χ1n) is 5.86. The molecule has 0 radical (unpaired) electrons. The molecule has 1 aromatic rings. The van der Waals surface area contributed by atoms with Gasteiger partial charge in [-0.15, -0.1) is 0 Å². The van der Waals surface area contributed by atoms with Gasteiger partial charge in [0.05, 0.1) is 6.10 Å². The number of aliphatic carboxylic acids is 1. The van der Waals surface area contributed by atoms with Crippen LogP contribution in [0.4, 0.5) is 0 Å². The summed E-state index contributed by atoms with van der Waals surface area (Å²) in [7, 11) is 0. The van der Waals surface area contributed by atoms with Gasteiger partial charge in [0.15, 0.2) is 0 Å². The molecule has 1 heterocycles. The van der Waals surface area contributed by atoms with Crippen molar-refractivity contribution in [2.75, 3.05) is 6.54 Å². The molecule has 2 rings (SSSR count). The fraction of sp³-hybridized carbons (Fsp3) is 0.385. The van der Waals surface area contributed by atoms with Crippen molar-refractivity contribution >= 4 is 11.9 Å². The summed E-state index contributed by atoms with van der Waals surface area (Å²) in [5, 5.41) is 18.7. The number of benzene rings is 1. The highest BCUT2D eigenvalue weighted by molar-refractivity contribution is 5.96. The molecule has 1 aromatic carbocycles. The third-order valence-corrected chi connectivity index (χ3v) is 3.12. The van der Waals surface area contributed by atoms with Crippen molar-refractivity contribution < 1.29 is 19.8 Å². The van der Waals surface area contributed by atoms with E-state index in [4.69, 9.17) is 5.11 Å². The topological polar surface area (TPSA) is 77.8 Å². The quantitative estimate of drug-likeness (QED) is 0.810. The number of nitrogens with zero attached hydrogens (tertiary/aromatic N) is 1. The van der Waals surface area contributed by atoms with E-state index in [1.54, 1.807) is 30.3 Å². The van der Waals surface area contributed by atoms with E-state index in [9.17, 15) is 14.7 Å². The van der Waals surface area contributed by atoms with Crippen LogP contribution in [-0.2, 0) is 4.79 Å². The third kappa shape index (κ3) is 2.51. The average molecular weight is 249 g/mol. The summed E-state index contributed by atoms with van der Waals surface area (Å²) in [5.74, 6) is -1.37. The molecule has 1 saturated heterocycles. The summed E-state index contributed by atoms with van der Waals surface area (Å²) in [6.07, 6.45) is 0.0539. The maximum Gasteiger partial charge on any atom is 0.326 e. The number of carbonyl (C=O) groups is 2. The summed E-state index contributed by atoms with van der Waals surface area (Å²) in [6.45, 7) is 0.0741. The van der Waals surface area contributed by atoms with Gasteiger partial charge < -0.3 is 15.1 Å². The highest BCUT2D eigenvalue weighted by Gasteiger charge is 2.35. The normalized spacial score (nSPS) is 23.7. The van der Waals surface area contributed by atoms with Crippen LogP contribution in [0.25, 0.3) is 0 Å². The lowest BCUT2D eigenvalue weighted by Crippen LogP contribution is -2.52. The molecular weight excluding hydrogens is 234 g/mol. The predicted molar refractivity (Wildman–Crippen MR) is 64.1 cm³/mol. The van der Waals surface area contributed by atoms with Crippen LogP contribution in [0.2, 0.25) is 0 Å². The van der Waals surface area contributed by atoms with E-state index < -0.39 is 18.1 Å². The first-order chi connectivity index (χ1) is 8.59. The number of hydrogen-bond donors (Lipinski definition) is 2. The standard InChI is InChI=1S/C13H15NO4/c15-10-6-7-11(13(17)18)14(8-10)12(16)9-4-2-1-3-5-9/h1-5,10-11,15H,6-8H2,(H,17,18)/t10-,11?/m0/s1. The van der Waals surface area contributed by atoms with Gasteiger partial charge in [0.1, 0.15) is 6.04 Å². The van der Waals surface area contributed by atoms with Gasteiger partial charge in [0, 0.05) is 12.1 Å². The van der Waals surface area contributed by atoms with Crippen molar-refractivity contribution in [1.82, 2.24) is 4.90 Å². The minimum Gasteiger partial charge on any atom is -0.480 e. The predicted octanol–water partition coefficient (Wildman–Crippen LogP) is 0.737. The van der Waals surface area contributed by atoms with Crippen LogP contribution in [0.15, 0.2) is 30.3 Å². The highest BCUT2D eigenvalue weighted by atomic mass is 16.4. The lowest BCUT2D eigenvalue weighted by Gasteiger charge is -2.35. The van der Waals surface area contributed by atoms with Crippen LogP contribution in [0.5, 0.6) is 0 Å². The van der Waals surface area contributed by atoms with E-state index in [2.05, 4.69) is 0 Å². The van der Waals surface area contributed by atoms with Gasteiger partial charge >= 0.3 is 5.97 Å². The van der Waals surface area contributed by atoms with Crippen LogP contribution < -0.4 is 0 Å². The molecule has 0 bridgehead atoms. The van der Waals surface area contributed by atoms with Crippen LogP contribution in [0, 0.1) is 0 Å². The molecule has 18 heavy (non-hydrogen) atoms. The molecule has 5 heteroatoms. The first kappa shape index (κ1) is 12.6. The Bertz CT molecular complexity index is 446. The Kier molecular flexibility index (Phi) is 3.62. The number of piperidine rings is 1. The van der Waals surface area contributed by atoms with Crippen molar-refractivity contribution in [1.29, 1.82) is 0 Å². The summed E-state index contributed by atoms with van der Waals surface area (Å²) in [5.41, 5.74) is 0.442. The van der Waals surface area contributed by atoms with Gasteiger partial charge in [-0.2, -0.15) is 0 Å². The van der Waals surface area contributed by atoms with E-state index in [-0.39, 0.29) is 18.9 Å². The molecule has 96 valence electrons. The van der Waals surface area contributed by atoms with Gasteiger partial charge in [0.2, 0.25) is 0 Å². The Hall–Kier alpha value is -1.88. The minimum absolute atomic E-state index is 0.0741. The number of hydrogen-bond acceptors (Lipinski definition) is 3.